The summed E-state index contributed by atoms with van der Waals surface area (Å²) in [7, 11) is -4.55. The van der Waals surface area contributed by atoms with Gasteiger partial charge in [-0.1, -0.05) is 24.6 Å². The van der Waals surface area contributed by atoms with E-state index >= 15 is 0 Å². The van der Waals surface area contributed by atoms with Crippen LogP contribution >= 0.6 is 11.6 Å². The number of alkyl halides is 4. The van der Waals surface area contributed by atoms with Gasteiger partial charge in [0.1, 0.15) is 15.7 Å². The first-order chi connectivity index (χ1) is 18.3. The van der Waals surface area contributed by atoms with Crippen LogP contribution in [0.2, 0.25) is 5.02 Å². The van der Waals surface area contributed by atoms with Crippen LogP contribution in [0.25, 0.3) is 5.69 Å². The van der Waals surface area contributed by atoms with Gasteiger partial charge >= 0.3 is 6.36 Å². The van der Waals surface area contributed by atoms with Crippen LogP contribution in [-0.2, 0) is 21.0 Å². The number of rotatable bonds is 8. The fraction of sp³-hybridized carbons (Fsp3) is 0.375. The Balaban J connectivity index is 1.60. The number of ether oxygens (including phenoxy) is 2. The number of benzene rings is 1. The average Bonchev–Trinajstić information content (AvgIpc) is 2.89. The van der Waals surface area contributed by atoms with Gasteiger partial charge in [0, 0.05) is 6.61 Å². The zero-order valence-corrected chi connectivity index (χ0v) is 22.0. The summed E-state index contributed by atoms with van der Waals surface area (Å²) >= 11 is 6.18. The molecule has 3 aromatic rings. The number of halogens is 5. The highest BCUT2D eigenvalue weighted by Gasteiger charge is 2.35. The van der Waals surface area contributed by atoms with Crippen LogP contribution in [0.15, 0.2) is 57.4 Å². The van der Waals surface area contributed by atoms with Crippen molar-refractivity contribution in [3.8, 4) is 11.4 Å². The maximum atomic E-state index is 14.8. The van der Waals surface area contributed by atoms with Crippen molar-refractivity contribution < 1.29 is 35.5 Å². The lowest BCUT2D eigenvalue weighted by molar-refractivity contribution is -0.275. The monoisotopic (exact) mass is 590 g/mol. The fourth-order valence-electron chi connectivity index (χ4n) is 3.91. The molecule has 210 valence electrons. The van der Waals surface area contributed by atoms with Crippen molar-refractivity contribution >= 4 is 27.1 Å². The highest BCUT2D eigenvalue weighted by Crippen LogP contribution is 2.34. The molecule has 0 radical (unpaired) electrons. The van der Waals surface area contributed by atoms with Crippen LogP contribution in [0.4, 0.5) is 23.2 Å². The van der Waals surface area contributed by atoms with Gasteiger partial charge in [0.2, 0.25) is 9.84 Å². The van der Waals surface area contributed by atoms with Crippen molar-refractivity contribution in [3.63, 3.8) is 0 Å². The lowest BCUT2D eigenvalue weighted by Gasteiger charge is -2.29. The Hall–Kier alpha value is -3.23. The Morgan fingerprint density at radius 2 is 2.00 bits per heavy atom. The quantitative estimate of drug-likeness (QED) is 0.382. The second-order valence-corrected chi connectivity index (χ2v) is 11.0. The van der Waals surface area contributed by atoms with Crippen molar-refractivity contribution in [1.82, 2.24) is 14.8 Å². The Morgan fingerprint density at radius 3 is 2.62 bits per heavy atom. The molecule has 4 rings (SSSR count). The summed E-state index contributed by atoms with van der Waals surface area (Å²) < 4.78 is 89.8. The molecule has 3 heterocycles. The number of hydrogen-bond acceptors (Lipinski definition) is 8. The normalized spacial score (nSPS) is 18.1. The second kappa shape index (κ2) is 11.1. The topological polar surface area (TPSA) is 112 Å². The first-order valence-corrected chi connectivity index (χ1v) is 13.6. The van der Waals surface area contributed by atoms with Gasteiger partial charge in [0.15, 0.2) is 10.7 Å². The average molecular weight is 591 g/mol. The van der Waals surface area contributed by atoms with E-state index in [1.165, 1.54) is 18.3 Å². The van der Waals surface area contributed by atoms with Crippen molar-refractivity contribution in [2.75, 3.05) is 25.1 Å². The van der Waals surface area contributed by atoms with Crippen molar-refractivity contribution in [1.29, 1.82) is 0 Å². The molecular formula is C24H23ClF4N4O5S. The summed E-state index contributed by atoms with van der Waals surface area (Å²) in [5.74, 6) is -0.895. The number of anilines is 1. The molecule has 1 unspecified atom stereocenters. The summed E-state index contributed by atoms with van der Waals surface area (Å²) in [5.41, 5.74) is -1.81. The molecule has 1 saturated heterocycles. The molecule has 9 nitrogen and oxygen atoms in total. The molecule has 1 aromatic carbocycles. The Bertz CT molecular complexity index is 1510. The summed E-state index contributed by atoms with van der Waals surface area (Å²) in [6, 6.07) is 5.56. The van der Waals surface area contributed by atoms with Crippen LogP contribution in [0.1, 0.15) is 25.3 Å². The highest BCUT2D eigenvalue weighted by molar-refractivity contribution is 7.91. The number of hydrogen-bond donors (Lipinski definition) is 1. The zero-order chi connectivity index (χ0) is 28.4. The molecule has 1 aliphatic rings. The Morgan fingerprint density at radius 1 is 1.23 bits per heavy atom. The van der Waals surface area contributed by atoms with E-state index in [0.29, 0.717) is 25.0 Å². The van der Waals surface area contributed by atoms with E-state index in [-0.39, 0.29) is 36.0 Å². The van der Waals surface area contributed by atoms with E-state index in [1.54, 1.807) is 6.92 Å². The molecule has 39 heavy (non-hydrogen) atoms. The molecule has 0 bridgehead atoms. The van der Waals surface area contributed by atoms with Gasteiger partial charge < -0.3 is 14.8 Å². The predicted molar refractivity (Wildman–Crippen MR) is 133 cm³/mol. The first-order valence-electron chi connectivity index (χ1n) is 11.7. The van der Waals surface area contributed by atoms with Crippen LogP contribution < -0.4 is 15.6 Å². The molecule has 1 N–H and O–H groups in total. The molecule has 0 saturated carbocycles. The van der Waals surface area contributed by atoms with E-state index in [1.807, 2.05) is 0 Å². The fourth-order valence-corrected chi connectivity index (χ4v) is 5.45. The van der Waals surface area contributed by atoms with E-state index in [9.17, 15) is 30.8 Å². The minimum absolute atomic E-state index is 0.0316. The zero-order valence-electron chi connectivity index (χ0n) is 20.5. The highest BCUT2D eigenvalue weighted by atomic mass is 35.5. The van der Waals surface area contributed by atoms with Crippen LogP contribution in [-0.4, -0.2) is 55.0 Å². The molecule has 1 aliphatic heterocycles. The van der Waals surface area contributed by atoms with Gasteiger partial charge in [-0.25, -0.2) is 17.8 Å². The lowest BCUT2D eigenvalue weighted by atomic mass is 9.99. The van der Waals surface area contributed by atoms with Crippen molar-refractivity contribution in [2.45, 2.75) is 48.1 Å². The third-order valence-electron chi connectivity index (χ3n) is 5.96. The molecule has 0 spiro atoms. The van der Waals surface area contributed by atoms with Crippen molar-refractivity contribution in [2.24, 2.45) is 0 Å². The van der Waals surface area contributed by atoms with E-state index < -0.39 is 43.1 Å². The van der Waals surface area contributed by atoms with Gasteiger partial charge in [-0.3, -0.25) is 4.79 Å². The molecule has 1 fully saturated rings. The van der Waals surface area contributed by atoms with Crippen LogP contribution in [0.5, 0.6) is 5.75 Å². The molecular weight excluding hydrogens is 568 g/mol. The molecule has 0 amide bonds. The Kier molecular flexibility index (Phi) is 8.19. The molecule has 15 heteroatoms. The maximum absolute atomic E-state index is 14.8. The summed E-state index contributed by atoms with van der Waals surface area (Å²) in [6.45, 7) is 1.95. The minimum atomic E-state index is -5.11. The van der Waals surface area contributed by atoms with Crippen molar-refractivity contribution in [3.05, 3.63) is 63.7 Å². The lowest BCUT2D eigenvalue weighted by Crippen LogP contribution is -2.40. The maximum Gasteiger partial charge on any atom is 0.573 e. The first kappa shape index (κ1) is 28.8. The van der Waals surface area contributed by atoms with E-state index in [2.05, 4.69) is 20.1 Å². The van der Waals surface area contributed by atoms with E-state index in [4.69, 9.17) is 16.3 Å². The third kappa shape index (κ3) is 6.50. The second-order valence-electron chi connectivity index (χ2n) is 8.79. The largest absolute Gasteiger partial charge is 0.573 e. The van der Waals surface area contributed by atoms with Crippen LogP contribution in [0, 0.1) is 0 Å². The number of pyridine rings is 1. The van der Waals surface area contributed by atoms with Gasteiger partial charge in [-0.2, -0.15) is 9.78 Å². The van der Waals surface area contributed by atoms with Gasteiger partial charge in [-0.15, -0.1) is 13.2 Å². The number of nitrogens with one attached hydrogen (secondary N) is 1. The minimum Gasteiger partial charge on any atom is -0.404 e. The number of aryl methyl sites for hydroxylation is 1. The number of nitrogens with zero attached hydrogens (tertiary/aromatic N) is 3. The summed E-state index contributed by atoms with van der Waals surface area (Å²) in [5, 5.41) is 5.90. The summed E-state index contributed by atoms with van der Waals surface area (Å²) in [4.78, 5) is 16.0. The molecule has 2 aromatic heterocycles. The van der Waals surface area contributed by atoms with Crippen LogP contribution in [0.3, 0.4) is 0 Å². The standard InChI is InChI=1S/C24H23ClF4N4O5S/c1-2-15-4-6-18(38-24(27,28)29)19(10-15)39(35,36)20-7-5-16(11-30-20)33-22(34)21(25)17(12-32-33)31-13-23(26)8-3-9-37-14-23/h4-7,10-12,31H,2-3,8-9,13-14H2,1H3. The Labute approximate surface area is 225 Å². The predicted octanol–water partition coefficient (Wildman–Crippen LogP) is 4.51. The number of sulfone groups is 1. The van der Waals surface area contributed by atoms with Gasteiger partial charge in [0.25, 0.3) is 5.56 Å². The molecule has 0 aliphatic carbocycles. The SMILES string of the molecule is CCc1ccc(OC(F)(F)F)c(S(=O)(=O)c2ccc(-n3ncc(NCC4(F)CCCOC4)c(Cl)c3=O)cn2)c1. The summed E-state index contributed by atoms with van der Waals surface area (Å²) in [6.07, 6.45) is -1.69. The van der Waals surface area contributed by atoms with Gasteiger partial charge in [0.05, 0.1) is 36.9 Å². The van der Waals surface area contributed by atoms with E-state index in [0.717, 1.165) is 29.1 Å². The number of aromatic nitrogens is 3. The smallest absolute Gasteiger partial charge is 0.404 e. The third-order valence-corrected chi connectivity index (χ3v) is 8.02. The molecule has 1 atom stereocenters. The van der Waals surface area contributed by atoms with Gasteiger partial charge in [-0.05, 0) is 49.1 Å².